The Morgan fingerprint density at radius 1 is 1.28 bits per heavy atom. The predicted molar refractivity (Wildman–Crippen MR) is 76.2 cm³/mol. The molecule has 0 aliphatic carbocycles. The lowest BCUT2D eigenvalue weighted by molar-refractivity contribution is 0.707. The molecule has 0 aromatic carbocycles. The number of pyridine rings is 2. The summed E-state index contributed by atoms with van der Waals surface area (Å²) in [7, 11) is 0. The summed E-state index contributed by atoms with van der Waals surface area (Å²) in [6.45, 7) is 2.12. The van der Waals surface area contributed by atoms with Crippen molar-refractivity contribution in [2.75, 3.05) is 0 Å². The zero-order valence-electron chi connectivity index (χ0n) is 10.3. The molecule has 0 aliphatic heterocycles. The van der Waals surface area contributed by atoms with E-state index in [1.54, 1.807) is 12.4 Å². The molecule has 0 fully saturated rings. The van der Waals surface area contributed by atoms with Gasteiger partial charge in [0.15, 0.2) is 0 Å². The van der Waals surface area contributed by atoms with Gasteiger partial charge in [-0.2, -0.15) is 0 Å². The predicted octanol–water partition coefficient (Wildman–Crippen LogP) is 3.04. The van der Waals surface area contributed by atoms with Crippen LogP contribution >= 0.6 is 15.9 Å². The van der Waals surface area contributed by atoms with Crippen molar-refractivity contribution in [2.24, 2.45) is 5.73 Å². The van der Waals surface area contributed by atoms with E-state index in [9.17, 15) is 0 Å². The lowest BCUT2D eigenvalue weighted by Gasteiger charge is -2.15. The topological polar surface area (TPSA) is 51.8 Å². The molecule has 94 valence electrons. The maximum Gasteiger partial charge on any atom is 0.0410 e. The van der Waals surface area contributed by atoms with Gasteiger partial charge in [-0.05, 0) is 57.6 Å². The summed E-state index contributed by atoms with van der Waals surface area (Å²) >= 11 is 3.42. The van der Waals surface area contributed by atoms with Crippen LogP contribution in [0.15, 0.2) is 41.4 Å². The van der Waals surface area contributed by atoms with Gasteiger partial charge in [-0.1, -0.05) is 6.92 Å². The van der Waals surface area contributed by atoms with E-state index >= 15 is 0 Å². The molecule has 0 bridgehead atoms. The van der Waals surface area contributed by atoms with Crippen molar-refractivity contribution in [3.63, 3.8) is 0 Å². The van der Waals surface area contributed by atoms with E-state index < -0.39 is 0 Å². The number of hydrogen-bond donors (Lipinski definition) is 1. The fourth-order valence-electron chi connectivity index (χ4n) is 2.03. The van der Waals surface area contributed by atoms with E-state index in [1.807, 2.05) is 18.5 Å². The minimum atomic E-state index is -0.0148. The summed E-state index contributed by atoms with van der Waals surface area (Å²) in [5, 5.41) is 0. The second-order valence-corrected chi connectivity index (χ2v) is 5.17. The van der Waals surface area contributed by atoms with E-state index in [2.05, 4.69) is 38.9 Å². The third-order valence-corrected chi connectivity index (χ3v) is 3.37. The van der Waals surface area contributed by atoms with Crippen molar-refractivity contribution < 1.29 is 0 Å². The van der Waals surface area contributed by atoms with Crippen LogP contribution in [0.3, 0.4) is 0 Å². The molecular formula is C14H16BrN3. The van der Waals surface area contributed by atoms with Gasteiger partial charge in [0.1, 0.15) is 0 Å². The maximum atomic E-state index is 6.28. The molecule has 2 aromatic heterocycles. The van der Waals surface area contributed by atoms with Crippen LogP contribution in [0.2, 0.25) is 0 Å². The highest BCUT2D eigenvalue weighted by Gasteiger charge is 2.11. The molecule has 1 unspecified atom stereocenters. The molecule has 2 rings (SSSR count). The minimum absolute atomic E-state index is 0.0148. The monoisotopic (exact) mass is 305 g/mol. The fraction of sp³-hybridized carbons (Fsp3) is 0.286. The first-order valence-electron chi connectivity index (χ1n) is 5.98. The Kier molecular flexibility index (Phi) is 4.44. The van der Waals surface area contributed by atoms with Crippen LogP contribution in [0.5, 0.6) is 0 Å². The van der Waals surface area contributed by atoms with E-state index in [-0.39, 0.29) is 6.04 Å². The summed E-state index contributed by atoms with van der Waals surface area (Å²) in [4.78, 5) is 8.30. The maximum absolute atomic E-state index is 6.28. The Bertz CT molecular complexity index is 528. The molecule has 2 aromatic rings. The van der Waals surface area contributed by atoms with Crippen LogP contribution in [-0.2, 0) is 12.8 Å². The second-order valence-electron chi connectivity index (χ2n) is 4.25. The first-order chi connectivity index (χ1) is 8.70. The number of aryl methyl sites for hydroxylation is 1. The van der Waals surface area contributed by atoms with Gasteiger partial charge in [0, 0.05) is 35.3 Å². The summed E-state index contributed by atoms with van der Waals surface area (Å²) in [6, 6.07) is 4.05. The third-order valence-electron chi connectivity index (χ3n) is 2.94. The SMILES string of the molecule is CCc1cnccc1C(N)Cc1cncc(Br)c1. The highest BCUT2D eigenvalue weighted by Crippen LogP contribution is 2.20. The van der Waals surface area contributed by atoms with E-state index in [0.29, 0.717) is 0 Å². The second kappa shape index (κ2) is 6.07. The number of aromatic nitrogens is 2. The molecule has 2 N–H and O–H groups in total. The summed E-state index contributed by atoms with van der Waals surface area (Å²) in [5.74, 6) is 0. The van der Waals surface area contributed by atoms with Crippen molar-refractivity contribution in [3.05, 3.63) is 58.1 Å². The normalized spacial score (nSPS) is 12.4. The Hall–Kier alpha value is -1.26. The number of nitrogens with zero attached hydrogens (tertiary/aromatic N) is 2. The van der Waals surface area contributed by atoms with E-state index in [4.69, 9.17) is 5.73 Å². The molecule has 4 heteroatoms. The first kappa shape index (κ1) is 13.2. The molecule has 0 radical (unpaired) electrons. The molecule has 0 saturated heterocycles. The number of rotatable bonds is 4. The number of hydrogen-bond acceptors (Lipinski definition) is 3. The van der Waals surface area contributed by atoms with Crippen LogP contribution in [0.1, 0.15) is 29.7 Å². The van der Waals surface area contributed by atoms with Gasteiger partial charge in [-0.15, -0.1) is 0 Å². The van der Waals surface area contributed by atoms with Gasteiger partial charge in [-0.25, -0.2) is 0 Å². The Labute approximate surface area is 116 Å². The van der Waals surface area contributed by atoms with Crippen molar-refractivity contribution in [2.45, 2.75) is 25.8 Å². The van der Waals surface area contributed by atoms with Crippen molar-refractivity contribution in [1.82, 2.24) is 9.97 Å². The quantitative estimate of drug-likeness (QED) is 0.944. The number of halogens is 1. The molecule has 3 nitrogen and oxygen atoms in total. The lowest BCUT2D eigenvalue weighted by atomic mass is 9.96. The van der Waals surface area contributed by atoms with Gasteiger partial charge >= 0.3 is 0 Å². The van der Waals surface area contributed by atoms with Crippen molar-refractivity contribution in [1.29, 1.82) is 0 Å². The zero-order chi connectivity index (χ0) is 13.0. The van der Waals surface area contributed by atoms with Crippen LogP contribution in [0.4, 0.5) is 0 Å². The molecule has 0 spiro atoms. The highest BCUT2D eigenvalue weighted by molar-refractivity contribution is 9.10. The van der Waals surface area contributed by atoms with Gasteiger partial charge < -0.3 is 5.73 Å². The van der Waals surface area contributed by atoms with Gasteiger partial charge in [0.25, 0.3) is 0 Å². The van der Waals surface area contributed by atoms with Gasteiger partial charge in [0.05, 0.1) is 0 Å². The summed E-state index contributed by atoms with van der Waals surface area (Å²) in [6.07, 6.45) is 9.06. The molecule has 1 atom stereocenters. The van der Waals surface area contributed by atoms with Crippen molar-refractivity contribution >= 4 is 15.9 Å². The average molecular weight is 306 g/mol. The molecule has 0 saturated carbocycles. The molecular weight excluding hydrogens is 290 g/mol. The Balaban J connectivity index is 2.19. The Morgan fingerprint density at radius 3 is 2.83 bits per heavy atom. The van der Waals surface area contributed by atoms with Gasteiger partial charge in [0.2, 0.25) is 0 Å². The van der Waals surface area contributed by atoms with Crippen LogP contribution < -0.4 is 5.73 Å². The largest absolute Gasteiger partial charge is 0.324 e. The molecule has 18 heavy (non-hydrogen) atoms. The van der Waals surface area contributed by atoms with Crippen LogP contribution in [0, 0.1) is 0 Å². The number of nitrogens with two attached hydrogens (primary N) is 1. The summed E-state index contributed by atoms with van der Waals surface area (Å²) in [5.41, 5.74) is 9.81. The van der Waals surface area contributed by atoms with Crippen LogP contribution in [0.25, 0.3) is 0 Å². The van der Waals surface area contributed by atoms with Crippen molar-refractivity contribution in [3.8, 4) is 0 Å². The standard InChI is InChI=1S/C14H16BrN3/c1-2-11-8-17-4-3-13(11)14(16)6-10-5-12(15)9-18-7-10/h3-5,7-9,14H,2,6,16H2,1H3. The summed E-state index contributed by atoms with van der Waals surface area (Å²) < 4.78 is 0.984. The highest BCUT2D eigenvalue weighted by atomic mass is 79.9. The lowest BCUT2D eigenvalue weighted by Crippen LogP contribution is -2.15. The molecule has 0 amide bonds. The third kappa shape index (κ3) is 3.15. The van der Waals surface area contributed by atoms with E-state index in [1.165, 1.54) is 11.1 Å². The fourth-order valence-corrected chi connectivity index (χ4v) is 2.44. The molecule has 0 aliphatic rings. The zero-order valence-corrected chi connectivity index (χ0v) is 11.9. The van der Waals surface area contributed by atoms with Gasteiger partial charge in [-0.3, -0.25) is 9.97 Å². The smallest absolute Gasteiger partial charge is 0.0410 e. The van der Waals surface area contributed by atoms with E-state index in [0.717, 1.165) is 22.9 Å². The Morgan fingerprint density at radius 2 is 2.11 bits per heavy atom. The molecule has 2 heterocycles. The minimum Gasteiger partial charge on any atom is -0.324 e. The average Bonchev–Trinajstić information content (AvgIpc) is 2.38. The first-order valence-corrected chi connectivity index (χ1v) is 6.77. The van der Waals surface area contributed by atoms with Crippen LogP contribution in [-0.4, -0.2) is 9.97 Å².